The molecule has 0 aliphatic carbocycles. The highest BCUT2D eigenvalue weighted by Crippen LogP contribution is 2.22. The van der Waals surface area contributed by atoms with E-state index in [0.29, 0.717) is 16.3 Å². The van der Waals surface area contributed by atoms with E-state index < -0.39 is 10.0 Å². The van der Waals surface area contributed by atoms with Crippen molar-refractivity contribution in [2.75, 3.05) is 4.72 Å². The van der Waals surface area contributed by atoms with E-state index in [1.807, 2.05) is 27.7 Å². The van der Waals surface area contributed by atoms with Crippen molar-refractivity contribution in [2.24, 2.45) is 0 Å². The molecular weight excluding hydrogens is 360 g/mol. The molecule has 2 rings (SSSR count). The standard InChI is InChI=1S/C18H21ClN2O3S/c1-12-5-8-14(11-16(12)19)21-25(23,24)15-9-6-13(7-10-15)17(22)20-18(2,3)4/h5-11,21H,1-4H3,(H,20,22). The molecule has 2 aromatic rings. The Morgan fingerprint density at radius 1 is 1.04 bits per heavy atom. The monoisotopic (exact) mass is 380 g/mol. The molecule has 0 spiro atoms. The Balaban J connectivity index is 2.20. The average molecular weight is 381 g/mol. The molecule has 0 heterocycles. The van der Waals surface area contributed by atoms with Crippen LogP contribution in [0.15, 0.2) is 47.4 Å². The topological polar surface area (TPSA) is 75.3 Å². The van der Waals surface area contributed by atoms with E-state index in [4.69, 9.17) is 11.6 Å². The molecule has 0 bridgehead atoms. The summed E-state index contributed by atoms with van der Waals surface area (Å²) < 4.78 is 27.4. The Hall–Kier alpha value is -2.05. The van der Waals surface area contributed by atoms with E-state index in [2.05, 4.69) is 10.0 Å². The Kier molecular flexibility index (Phi) is 5.44. The molecule has 0 aromatic heterocycles. The summed E-state index contributed by atoms with van der Waals surface area (Å²) >= 11 is 6.02. The van der Waals surface area contributed by atoms with Crippen LogP contribution in [0.2, 0.25) is 5.02 Å². The Morgan fingerprint density at radius 2 is 1.64 bits per heavy atom. The second kappa shape index (κ2) is 7.06. The summed E-state index contributed by atoms with van der Waals surface area (Å²) in [5.74, 6) is -0.255. The number of sulfonamides is 1. The van der Waals surface area contributed by atoms with Gasteiger partial charge in [0.25, 0.3) is 15.9 Å². The van der Waals surface area contributed by atoms with Crippen molar-refractivity contribution in [1.82, 2.24) is 5.32 Å². The molecule has 0 atom stereocenters. The number of amides is 1. The molecule has 0 saturated heterocycles. The molecule has 7 heteroatoms. The van der Waals surface area contributed by atoms with Gasteiger partial charge in [-0.25, -0.2) is 8.42 Å². The maximum Gasteiger partial charge on any atom is 0.261 e. The third-order valence-corrected chi connectivity index (χ3v) is 5.14. The number of benzene rings is 2. The number of nitrogens with one attached hydrogen (secondary N) is 2. The Labute approximate surface area is 153 Å². The van der Waals surface area contributed by atoms with Crippen LogP contribution in [0.3, 0.4) is 0 Å². The minimum atomic E-state index is -3.76. The van der Waals surface area contributed by atoms with Crippen LogP contribution in [0.4, 0.5) is 5.69 Å². The lowest BCUT2D eigenvalue weighted by Gasteiger charge is -2.20. The minimum Gasteiger partial charge on any atom is -0.347 e. The molecule has 25 heavy (non-hydrogen) atoms. The fourth-order valence-corrected chi connectivity index (χ4v) is 3.30. The number of hydrogen-bond acceptors (Lipinski definition) is 3. The van der Waals surface area contributed by atoms with Crippen LogP contribution < -0.4 is 10.0 Å². The van der Waals surface area contributed by atoms with Gasteiger partial charge >= 0.3 is 0 Å². The zero-order valence-corrected chi connectivity index (χ0v) is 16.1. The summed E-state index contributed by atoms with van der Waals surface area (Å²) in [5, 5.41) is 3.31. The van der Waals surface area contributed by atoms with Gasteiger partial charge in [0.1, 0.15) is 0 Å². The highest BCUT2D eigenvalue weighted by Gasteiger charge is 2.18. The Morgan fingerprint density at radius 3 is 2.16 bits per heavy atom. The largest absolute Gasteiger partial charge is 0.347 e. The molecule has 0 radical (unpaired) electrons. The summed E-state index contributed by atoms with van der Waals surface area (Å²) in [6.07, 6.45) is 0. The number of halogens is 1. The van der Waals surface area contributed by atoms with Gasteiger partial charge in [-0.1, -0.05) is 17.7 Å². The lowest BCUT2D eigenvalue weighted by atomic mass is 10.1. The molecule has 2 N–H and O–H groups in total. The van der Waals surface area contributed by atoms with Crippen LogP contribution in [0.25, 0.3) is 0 Å². The third kappa shape index (κ3) is 5.21. The maximum atomic E-state index is 12.5. The fourth-order valence-electron chi connectivity index (χ4n) is 2.07. The van der Waals surface area contributed by atoms with Gasteiger partial charge in [-0.15, -0.1) is 0 Å². The molecule has 0 aliphatic rings. The summed E-state index contributed by atoms with van der Waals surface area (Å²) in [7, 11) is -3.76. The fraction of sp³-hybridized carbons (Fsp3) is 0.278. The first-order valence-corrected chi connectivity index (χ1v) is 9.56. The first kappa shape index (κ1) is 19.3. The van der Waals surface area contributed by atoms with Gasteiger partial charge in [-0.3, -0.25) is 9.52 Å². The summed E-state index contributed by atoms with van der Waals surface area (Å²) in [6.45, 7) is 7.46. The minimum absolute atomic E-state index is 0.0662. The second-order valence-corrected chi connectivity index (χ2v) is 8.89. The van der Waals surface area contributed by atoms with Crippen molar-refractivity contribution in [2.45, 2.75) is 38.1 Å². The molecule has 0 aliphatic heterocycles. The summed E-state index contributed by atoms with van der Waals surface area (Å²) in [6, 6.07) is 10.7. The van der Waals surface area contributed by atoms with Crippen molar-refractivity contribution in [3.05, 3.63) is 58.6 Å². The third-order valence-electron chi connectivity index (χ3n) is 3.34. The number of anilines is 1. The second-order valence-electron chi connectivity index (χ2n) is 6.80. The smallest absolute Gasteiger partial charge is 0.261 e. The Bertz CT molecular complexity index is 886. The lowest BCUT2D eigenvalue weighted by Crippen LogP contribution is -2.40. The van der Waals surface area contributed by atoms with Gasteiger partial charge < -0.3 is 5.32 Å². The molecular formula is C18H21ClN2O3S. The van der Waals surface area contributed by atoms with E-state index in [-0.39, 0.29) is 16.3 Å². The number of carbonyl (C=O) groups is 1. The first-order valence-electron chi connectivity index (χ1n) is 7.69. The van der Waals surface area contributed by atoms with Crippen LogP contribution >= 0.6 is 11.6 Å². The zero-order valence-electron chi connectivity index (χ0n) is 14.6. The van der Waals surface area contributed by atoms with Crippen LogP contribution in [0.1, 0.15) is 36.7 Å². The van der Waals surface area contributed by atoms with Crippen molar-refractivity contribution in [3.8, 4) is 0 Å². The van der Waals surface area contributed by atoms with Gasteiger partial charge in [0.2, 0.25) is 0 Å². The van der Waals surface area contributed by atoms with Crippen LogP contribution in [-0.2, 0) is 10.0 Å². The van der Waals surface area contributed by atoms with Gasteiger partial charge in [-0.2, -0.15) is 0 Å². The predicted octanol–water partition coefficient (Wildman–Crippen LogP) is 3.98. The first-order chi connectivity index (χ1) is 11.5. The average Bonchev–Trinajstić information content (AvgIpc) is 2.49. The van der Waals surface area contributed by atoms with Gasteiger partial charge in [-0.05, 0) is 69.7 Å². The van der Waals surface area contributed by atoms with E-state index >= 15 is 0 Å². The van der Waals surface area contributed by atoms with E-state index in [0.717, 1.165) is 5.56 Å². The molecule has 0 unspecified atom stereocenters. The summed E-state index contributed by atoms with van der Waals surface area (Å²) in [5.41, 5.74) is 1.27. The van der Waals surface area contributed by atoms with Crippen molar-refractivity contribution in [3.63, 3.8) is 0 Å². The van der Waals surface area contributed by atoms with Crippen molar-refractivity contribution < 1.29 is 13.2 Å². The number of hydrogen-bond donors (Lipinski definition) is 2. The van der Waals surface area contributed by atoms with E-state index in [1.54, 1.807) is 18.2 Å². The van der Waals surface area contributed by atoms with Gasteiger partial charge in [0, 0.05) is 16.1 Å². The predicted molar refractivity (Wildman–Crippen MR) is 101 cm³/mol. The highest BCUT2D eigenvalue weighted by atomic mass is 35.5. The van der Waals surface area contributed by atoms with Gasteiger partial charge in [0.15, 0.2) is 0 Å². The molecule has 5 nitrogen and oxygen atoms in total. The molecule has 2 aromatic carbocycles. The van der Waals surface area contributed by atoms with Crippen molar-refractivity contribution in [1.29, 1.82) is 0 Å². The van der Waals surface area contributed by atoms with Crippen LogP contribution in [-0.4, -0.2) is 19.9 Å². The highest BCUT2D eigenvalue weighted by molar-refractivity contribution is 7.92. The quantitative estimate of drug-likeness (QED) is 0.842. The SMILES string of the molecule is Cc1ccc(NS(=O)(=O)c2ccc(C(=O)NC(C)(C)C)cc2)cc1Cl. The zero-order chi connectivity index (χ0) is 18.8. The van der Waals surface area contributed by atoms with Crippen LogP contribution in [0.5, 0.6) is 0 Å². The number of rotatable bonds is 4. The van der Waals surface area contributed by atoms with Gasteiger partial charge in [0.05, 0.1) is 10.6 Å². The molecule has 134 valence electrons. The van der Waals surface area contributed by atoms with E-state index in [9.17, 15) is 13.2 Å². The number of carbonyl (C=O) groups excluding carboxylic acids is 1. The number of aryl methyl sites for hydroxylation is 1. The molecule has 0 saturated carbocycles. The van der Waals surface area contributed by atoms with Crippen LogP contribution in [0, 0.1) is 6.92 Å². The molecule has 0 fully saturated rings. The lowest BCUT2D eigenvalue weighted by molar-refractivity contribution is 0.0919. The summed E-state index contributed by atoms with van der Waals surface area (Å²) in [4.78, 5) is 12.2. The van der Waals surface area contributed by atoms with Crippen molar-refractivity contribution >= 4 is 33.2 Å². The molecule has 1 amide bonds. The maximum absolute atomic E-state index is 12.5. The normalized spacial score (nSPS) is 11.9. The van der Waals surface area contributed by atoms with E-state index in [1.165, 1.54) is 24.3 Å².